The van der Waals surface area contributed by atoms with Crippen LogP contribution in [0.2, 0.25) is 0 Å². The van der Waals surface area contributed by atoms with E-state index in [2.05, 4.69) is 50.6 Å². The molecular weight excluding hydrogens is 346 g/mol. The molecule has 1 aromatic carbocycles. The third-order valence-electron chi connectivity index (χ3n) is 4.27. The minimum atomic E-state index is -0.947. The van der Waals surface area contributed by atoms with Crippen molar-refractivity contribution >= 4 is 23.0 Å². The Morgan fingerprint density at radius 2 is 2.12 bits per heavy atom. The highest BCUT2D eigenvalue weighted by Gasteiger charge is 2.09. The minimum Gasteiger partial charge on any atom is -0.478 e. The fourth-order valence-electron chi connectivity index (χ4n) is 2.87. The zero-order valence-corrected chi connectivity index (χ0v) is 15.3. The Bertz CT molecular complexity index is 879. The lowest BCUT2D eigenvalue weighted by Crippen LogP contribution is -2.23. The average Bonchev–Trinajstić information content (AvgIpc) is 3.23. The summed E-state index contributed by atoms with van der Waals surface area (Å²) in [5.41, 5.74) is 6.44. The molecule has 0 saturated heterocycles. The van der Waals surface area contributed by atoms with E-state index in [1.165, 1.54) is 40.7 Å². The van der Waals surface area contributed by atoms with Gasteiger partial charge in [-0.2, -0.15) is 11.3 Å². The molecular formula is C20H21N3O2S. The van der Waals surface area contributed by atoms with E-state index in [1.807, 2.05) is 0 Å². The van der Waals surface area contributed by atoms with E-state index in [9.17, 15) is 4.79 Å². The topological polar surface area (TPSA) is 74.2 Å². The van der Waals surface area contributed by atoms with E-state index in [-0.39, 0.29) is 5.56 Å². The number of nitrogens with zero attached hydrogens (tertiary/aromatic N) is 1. The van der Waals surface area contributed by atoms with E-state index in [1.54, 1.807) is 18.4 Å². The van der Waals surface area contributed by atoms with Gasteiger partial charge in [0.05, 0.1) is 17.4 Å². The van der Waals surface area contributed by atoms with E-state index in [0.717, 1.165) is 19.5 Å². The number of hydrogen-bond acceptors (Lipinski definition) is 5. The second kappa shape index (κ2) is 8.60. The molecule has 0 radical (unpaired) electrons. The van der Waals surface area contributed by atoms with Gasteiger partial charge < -0.3 is 15.7 Å². The van der Waals surface area contributed by atoms with Gasteiger partial charge in [0.2, 0.25) is 0 Å². The number of thiophene rings is 1. The van der Waals surface area contributed by atoms with Crippen molar-refractivity contribution in [1.29, 1.82) is 0 Å². The first-order valence-corrected chi connectivity index (χ1v) is 9.33. The molecule has 3 aromatic rings. The minimum absolute atomic E-state index is 0.238. The molecule has 4 rings (SSSR count). The van der Waals surface area contributed by atoms with Crippen LogP contribution in [0.3, 0.4) is 0 Å². The highest BCUT2D eigenvalue weighted by atomic mass is 32.1. The number of nitrogens with one attached hydrogen (secondary N) is 2. The van der Waals surface area contributed by atoms with Gasteiger partial charge in [-0.1, -0.05) is 18.2 Å². The van der Waals surface area contributed by atoms with Crippen molar-refractivity contribution in [3.8, 4) is 11.1 Å². The van der Waals surface area contributed by atoms with Gasteiger partial charge in [-0.05, 0) is 58.1 Å². The van der Waals surface area contributed by atoms with Crippen LogP contribution in [0.1, 0.15) is 21.5 Å². The maximum atomic E-state index is 10.5. The van der Waals surface area contributed by atoms with Crippen molar-refractivity contribution < 1.29 is 9.90 Å². The zero-order valence-electron chi connectivity index (χ0n) is 14.5. The molecule has 1 aliphatic heterocycles. The van der Waals surface area contributed by atoms with E-state index < -0.39 is 5.97 Å². The molecule has 3 N–H and O–H groups in total. The molecule has 0 unspecified atom stereocenters. The summed E-state index contributed by atoms with van der Waals surface area (Å²) in [4.78, 5) is 14.3. The summed E-state index contributed by atoms with van der Waals surface area (Å²) >= 11 is 1.76. The Kier molecular flexibility index (Phi) is 5.99. The molecule has 26 heavy (non-hydrogen) atoms. The number of benzene rings is 1. The number of aromatic carboxylic acids is 1. The number of carbonyl (C=O) groups is 1. The molecule has 0 saturated carbocycles. The van der Waals surface area contributed by atoms with Crippen LogP contribution in [0.15, 0.2) is 53.5 Å². The summed E-state index contributed by atoms with van der Waals surface area (Å²) in [6.45, 7) is 2.14. The number of fused-ring (bicyclic) bond motifs is 1. The Morgan fingerprint density at radius 3 is 2.81 bits per heavy atom. The van der Waals surface area contributed by atoms with Crippen LogP contribution in [0.25, 0.3) is 11.1 Å². The molecule has 3 heterocycles. The average molecular weight is 367 g/mol. The van der Waals surface area contributed by atoms with Gasteiger partial charge in [-0.15, -0.1) is 0 Å². The SMILES string of the molecule is CNc1cnccc1C(=O)O.c1cc(-c2ccc3c(c2)CCNC3)cs1. The Balaban J connectivity index is 0.000000160. The Labute approximate surface area is 156 Å². The molecule has 134 valence electrons. The van der Waals surface area contributed by atoms with Crippen LogP contribution < -0.4 is 10.6 Å². The number of anilines is 1. The summed E-state index contributed by atoms with van der Waals surface area (Å²) in [7, 11) is 1.66. The van der Waals surface area contributed by atoms with Gasteiger partial charge in [-0.25, -0.2) is 4.79 Å². The first kappa shape index (κ1) is 18.1. The number of carboxylic acid groups (broad SMARTS) is 1. The first-order valence-electron chi connectivity index (χ1n) is 8.39. The van der Waals surface area contributed by atoms with Crippen molar-refractivity contribution in [3.63, 3.8) is 0 Å². The van der Waals surface area contributed by atoms with Crippen molar-refractivity contribution in [2.75, 3.05) is 18.9 Å². The molecule has 1 aliphatic rings. The number of rotatable bonds is 3. The highest BCUT2D eigenvalue weighted by molar-refractivity contribution is 7.08. The summed E-state index contributed by atoms with van der Waals surface area (Å²) in [6, 6.07) is 10.5. The van der Waals surface area contributed by atoms with Gasteiger partial charge in [0, 0.05) is 19.8 Å². The quantitative estimate of drug-likeness (QED) is 0.655. The first-order chi connectivity index (χ1) is 12.7. The van der Waals surface area contributed by atoms with E-state index in [4.69, 9.17) is 5.11 Å². The molecule has 0 fully saturated rings. The van der Waals surface area contributed by atoms with Crippen LogP contribution in [0.5, 0.6) is 0 Å². The van der Waals surface area contributed by atoms with E-state index in [0.29, 0.717) is 5.69 Å². The molecule has 0 amide bonds. The number of carboxylic acids is 1. The van der Waals surface area contributed by atoms with Crippen LogP contribution in [0.4, 0.5) is 5.69 Å². The van der Waals surface area contributed by atoms with Crippen LogP contribution in [-0.4, -0.2) is 29.7 Å². The molecule has 0 spiro atoms. The van der Waals surface area contributed by atoms with Gasteiger partial charge in [0.15, 0.2) is 0 Å². The van der Waals surface area contributed by atoms with Gasteiger partial charge >= 0.3 is 5.97 Å². The smallest absolute Gasteiger partial charge is 0.337 e. The molecule has 5 nitrogen and oxygen atoms in total. The van der Waals surface area contributed by atoms with Crippen molar-refractivity contribution in [3.05, 3.63) is 70.2 Å². The maximum Gasteiger partial charge on any atom is 0.337 e. The summed E-state index contributed by atoms with van der Waals surface area (Å²) in [5, 5.41) is 19.1. The lowest BCUT2D eigenvalue weighted by Gasteiger charge is -2.17. The second-order valence-electron chi connectivity index (χ2n) is 5.90. The third-order valence-corrected chi connectivity index (χ3v) is 4.95. The monoisotopic (exact) mass is 367 g/mol. The summed E-state index contributed by atoms with van der Waals surface area (Å²) < 4.78 is 0. The highest BCUT2D eigenvalue weighted by Crippen LogP contribution is 2.25. The number of hydrogen-bond donors (Lipinski definition) is 3. The predicted octanol–water partition coefficient (Wildman–Crippen LogP) is 3.88. The third kappa shape index (κ3) is 4.28. The van der Waals surface area contributed by atoms with Gasteiger partial charge in [0.1, 0.15) is 0 Å². The predicted molar refractivity (Wildman–Crippen MR) is 106 cm³/mol. The lowest BCUT2D eigenvalue weighted by atomic mass is 9.96. The maximum absolute atomic E-state index is 10.5. The van der Waals surface area contributed by atoms with Crippen LogP contribution >= 0.6 is 11.3 Å². The Hall–Kier alpha value is -2.70. The molecule has 0 bridgehead atoms. The van der Waals surface area contributed by atoms with Crippen molar-refractivity contribution in [1.82, 2.24) is 10.3 Å². The largest absolute Gasteiger partial charge is 0.478 e. The van der Waals surface area contributed by atoms with Crippen LogP contribution in [0, 0.1) is 0 Å². The fourth-order valence-corrected chi connectivity index (χ4v) is 3.53. The summed E-state index contributed by atoms with van der Waals surface area (Å²) in [6.07, 6.45) is 4.08. The van der Waals surface area contributed by atoms with E-state index >= 15 is 0 Å². The number of aromatic nitrogens is 1. The molecule has 6 heteroatoms. The second-order valence-corrected chi connectivity index (χ2v) is 6.68. The number of pyridine rings is 1. The van der Waals surface area contributed by atoms with Crippen LogP contribution in [-0.2, 0) is 13.0 Å². The van der Waals surface area contributed by atoms with Crippen molar-refractivity contribution in [2.24, 2.45) is 0 Å². The molecule has 0 aliphatic carbocycles. The molecule has 0 atom stereocenters. The van der Waals surface area contributed by atoms with Crippen molar-refractivity contribution in [2.45, 2.75) is 13.0 Å². The standard InChI is InChI=1S/C13H13NS.C7H8N2O2/c1-2-12-8-14-5-3-11(12)7-10(1)13-4-6-15-9-13;1-8-6-4-9-3-2-5(6)7(10)11/h1-2,4,6-7,9,14H,3,5,8H2;2-4,8H,1H3,(H,10,11). The fraction of sp³-hybridized carbons (Fsp3) is 0.200. The van der Waals surface area contributed by atoms with Gasteiger partial charge in [-0.3, -0.25) is 4.98 Å². The normalized spacial score (nSPS) is 12.5. The van der Waals surface area contributed by atoms with Gasteiger partial charge in [0.25, 0.3) is 0 Å². The Morgan fingerprint density at radius 1 is 1.23 bits per heavy atom. The zero-order chi connectivity index (χ0) is 18.4. The lowest BCUT2D eigenvalue weighted by molar-refractivity contribution is 0.0698. The summed E-state index contributed by atoms with van der Waals surface area (Å²) in [5.74, 6) is -0.947. The molecule has 2 aromatic heterocycles.